The van der Waals surface area contributed by atoms with Crippen molar-refractivity contribution >= 4 is 38.1 Å². The van der Waals surface area contributed by atoms with Gasteiger partial charge in [0, 0.05) is 23.0 Å². The molecule has 3 nitrogen and oxygen atoms in total. The first-order valence-electron chi connectivity index (χ1n) is 5.23. The highest BCUT2D eigenvalue weighted by atomic mass is 79.9. The summed E-state index contributed by atoms with van der Waals surface area (Å²) in [6.07, 6.45) is 3.51. The van der Waals surface area contributed by atoms with Gasteiger partial charge in [-0.05, 0) is 29.7 Å². The fourth-order valence-corrected chi connectivity index (χ4v) is 2.38. The number of hydrogen-bond acceptors (Lipinski definition) is 2. The monoisotopic (exact) mass is 288 g/mol. The Morgan fingerprint density at radius 1 is 1.35 bits per heavy atom. The molecule has 0 saturated heterocycles. The van der Waals surface area contributed by atoms with Gasteiger partial charge in [0.2, 0.25) is 0 Å². The minimum absolute atomic E-state index is 0.0222. The lowest BCUT2D eigenvalue weighted by Gasteiger charge is -2.02. The van der Waals surface area contributed by atoms with E-state index in [2.05, 4.69) is 20.9 Å². The van der Waals surface area contributed by atoms with Crippen LogP contribution in [0, 0.1) is 0 Å². The molecule has 0 bridgehead atoms. The van der Waals surface area contributed by atoms with Crippen molar-refractivity contribution < 1.29 is 4.79 Å². The summed E-state index contributed by atoms with van der Waals surface area (Å²) in [7, 11) is 0. The molecule has 3 aromatic rings. The van der Waals surface area contributed by atoms with Gasteiger partial charge in [-0.15, -0.1) is 0 Å². The summed E-state index contributed by atoms with van der Waals surface area (Å²) in [5.74, 6) is 0.0222. The van der Waals surface area contributed by atoms with Gasteiger partial charge < -0.3 is 0 Å². The van der Waals surface area contributed by atoms with Gasteiger partial charge in [0.25, 0.3) is 0 Å². The van der Waals surface area contributed by atoms with Crippen LogP contribution in [0.15, 0.2) is 41.1 Å². The summed E-state index contributed by atoms with van der Waals surface area (Å²) >= 11 is 3.44. The van der Waals surface area contributed by atoms with Crippen LogP contribution in [0.25, 0.3) is 16.4 Å². The fourth-order valence-electron chi connectivity index (χ4n) is 2.00. The minimum atomic E-state index is 0.0222. The van der Waals surface area contributed by atoms with Crippen LogP contribution in [0.5, 0.6) is 0 Å². The van der Waals surface area contributed by atoms with Gasteiger partial charge in [0.05, 0.1) is 6.20 Å². The van der Waals surface area contributed by atoms with Crippen molar-refractivity contribution in [2.45, 2.75) is 6.92 Å². The molecular weight excluding hydrogens is 280 g/mol. The number of ketones is 1. The lowest BCUT2D eigenvalue weighted by atomic mass is 10.2. The van der Waals surface area contributed by atoms with Gasteiger partial charge in [-0.3, -0.25) is 9.20 Å². The predicted octanol–water partition coefficient (Wildman–Crippen LogP) is 3.45. The van der Waals surface area contributed by atoms with Crippen molar-refractivity contribution in [3.8, 4) is 0 Å². The molecule has 0 unspecified atom stereocenters. The van der Waals surface area contributed by atoms with E-state index in [9.17, 15) is 4.79 Å². The van der Waals surface area contributed by atoms with Gasteiger partial charge in [-0.25, -0.2) is 4.98 Å². The van der Waals surface area contributed by atoms with Crippen LogP contribution in [0.4, 0.5) is 0 Å². The number of hydrogen-bond donors (Lipinski definition) is 0. The molecule has 0 spiro atoms. The van der Waals surface area contributed by atoms with E-state index in [0.717, 1.165) is 20.9 Å². The molecule has 2 aromatic heterocycles. The third-order valence-electron chi connectivity index (χ3n) is 2.82. The van der Waals surface area contributed by atoms with E-state index in [0.29, 0.717) is 5.69 Å². The third-order valence-corrected chi connectivity index (χ3v) is 3.31. The largest absolute Gasteiger partial charge is 0.297 e. The van der Waals surface area contributed by atoms with E-state index < -0.39 is 0 Å². The number of carbonyl (C=O) groups excluding carboxylic acids is 1. The lowest BCUT2D eigenvalue weighted by molar-refractivity contribution is 0.101. The Bertz CT molecular complexity index is 746. The number of pyridine rings is 1. The number of Topliss-reactive ketones (excluding diaryl/α,β-unsaturated/α-hetero) is 1. The normalized spacial score (nSPS) is 11.2. The number of benzene rings is 1. The Kier molecular flexibility index (Phi) is 2.26. The molecule has 0 aliphatic rings. The van der Waals surface area contributed by atoms with Crippen LogP contribution in [0.1, 0.15) is 17.4 Å². The topological polar surface area (TPSA) is 34.4 Å². The highest BCUT2D eigenvalue weighted by Crippen LogP contribution is 2.23. The molecule has 84 valence electrons. The Morgan fingerprint density at radius 3 is 2.94 bits per heavy atom. The van der Waals surface area contributed by atoms with Crippen molar-refractivity contribution in [2.75, 3.05) is 0 Å². The zero-order valence-electron chi connectivity index (χ0n) is 9.14. The summed E-state index contributed by atoms with van der Waals surface area (Å²) in [4.78, 5) is 15.8. The number of fused-ring (bicyclic) bond motifs is 3. The molecule has 17 heavy (non-hydrogen) atoms. The first kappa shape index (κ1) is 10.5. The van der Waals surface area contributed by atoms with Crippen molar-refractivity contribution in [1.82, 2.24) is 9.38 Å². The van der Waals surface area contributed by atoms with Gasteiger partial charge in [0.15, 0.2) is 5.78 Å². The van der Waals surface area contributed by atoms with E-state index in [1.54, 1.807) is 13.1 Å². The molecule has 0 fully saturated rings. The Morgan fingerprint density at radius 2 is 2.18 bits per heavy atom. The standard InChI is InChI=1S/C13H9BrN2O/c1-8(17)12-7-15-13-11-3-2-10(14)6-9(11)4-5-16(12)13/h2-7H,1H3. The molecule has 0 N–H and O–H groups in total. The summed E-state index contributed by atoms with van der Waals surface area (Å²) in [5, 5.41) is 2.15. The molecule has 4 heteroatoms. The predicted molar refractivity (Wildman–Crippen MR) is 70.4 cm³/mol. The summed E-state index contributed by atoms with van der Waals surface area (Å²) in [6, 6.07) is 8.01. The molecule has 0 aliphatic heterocycles. The van der Waals surface area contributed by atoms with Crippen molar-refractivity contribution in [3.63, 3.8) is 0 Å². The summed E-state index contributed by atoms with van der Waals surface area (Å²) < 4.78 is 2.87. The average Bonchev–Trinajstić information content (AvgIpc) is 2.72. The lowest BCUT2D eigenvalue weighted by Crippen LogP contribution is -1.97. The highest BCUT2D eigenvalue weighted by molar-refractivity contribution is 9.10. The number of aromatic nitrogens is 2. The van der Waals surface area contributed by atoms with Crippen LogP contribution in [0.3, 0.4) is 0 Å². The maximum absolute atomic E-state index is 11.4. The zero-order chi connectivity index (χ0) is 12.0. The van der Waals surface area contributed by atoms with E-state index in [4.69, 9.17) is 0 Å². The minimum Gasteiger partial charge on any atom is -0.297 e. The average molecular weight is 289 g/mol. The number of imidazole rings is 1. The van der Waals surface area contributed by atoms with Gasteiger partial charge in [0.1, 0.15) is 11.3 Å². The Labute approximate surface area is 106 Å². The van der Waals surface area contributed by atoms with Gasteiger partial charge in [-0.2, -0.15) is 0 Å². The second kappa shape index (κ2) is 3.67. The number of nitrogens with zero attached hydrogens (tertiary/aromatic N) is 2. The van der Waals surface area contributed by atoms with Gasteiger partial charge in [-0.1, -0.05) is 15.9 Å². The molecule has 0 saturated carbocycles. The van der Waals surface area contributed by atoms with E-state index in [-0.39, 0.29) is 5.78 Å². The summed E-state index contributed by atoms with van der Waals surface area (Å²) in [5.41, 5.74) is 1.44. The molecule has 1 aromatic carbocycles. The molecule has 0 aliphatic carbocycles. The van der Waals surface area contributed by atoms with Crippen molar-refractivity contribution in [1.29, 1.82) is 0 Å². The quantitative estimate of drug-likeness (QED) is 0.643. The molecular formula is C13H9BrN2O. The van der Waals surface area contributed by atoms with Crippen LogP contribution in [-0.2, 0) is 0 Å². The maximum atomic E-state index is 11.4. The molecule has 3 rings (SSSR count). The molecule has 0 amide bonds. The fraction of sp³-hybridized carbons (Fsp3) is 0.0769. The first-order valence-corrected chi connectivity index (χ1v) is 6.02. The number of halogens is 1. The smallest absolute Gasteiger partial charge is 0.178 e. The Balaban J connectivity index is 2.45. The maximum Gasteiger partial charge on any atom is 0.178 e. The SMILES string of the molecule is CC(=O)c1cnc2c3ccc(Br)cc3ccn12. The highest BCUT2D eigenvalue weighted by Gasteiger charge is 2.09. The van der Waals surface area contributed by atoms with Crippen LogP contribution in [-0.4, -0.2) is 15.2 Å². The van der Waals surface area contributed by atoms with Crippen LogP contribution >= 0.6 is 15.9 Å². The van der Waals surface area contributed by atoms with E-state index >= 15 is 0 Å². The third kappa shape index (κ3) is 1.56. The van der Waals surface area contributed by atoms with Gasteiger partial charge >= 0.3 is 0 Å². The first-order chi connectivity index (χ1) is 8.16. The molecule has 0 atom stereocenters. The number of carbonyl (C=O) groups is 1. The molecule has 2 heterocycles. The van der Waals surface area contributed by atoms with Crippen molar-refractivity contribution in [3.05, 3.63) is 46.8 Å². The van der Waals surface area contributed by atoms with Crippen LogP contribution < -0.4 is 0 Å². The summed E-state index contributed by atoms with van der Waals surface area (Å²) in [6.45, 7) is 1.55. The molecule has 0 radical (unpaired) electrons. The van der Waals surface area contributed by atoms with E-state index in [1.807, 2.05) is 34.9 Å². The van der Waals surface area contributed by atoms with Crippen molar-refractivity contribution in [2.24, 2.45) is 0 Å². The van der Waals surface area contributed by atoms with Crippen LogP contribution in [0.2, 0.25) is 0 Å². The van der Waals surface area contributed by atoms with E-state index in [1.165, 1.54) is 0 Å². The zero-order valence-corrected chi connectivity index (χ0v) is 10.7. The second-order valence-electron chi connectivity index (χ2n) is 3.94. The number of rotatable bonds is 1. The Hall–Kier alpha value is -1.68. The second-order valence-corrected chi connectivity index (χ2v) is 4.86.